The summed E-state index contributed by atoms with van der Waals surface area (Å²) in [5.74, 6) is -0.149. The lowest BCUT2D eigenvalue weighted by Gasteiger charge is -2.05. The van der Waals surface area contributed by atoms with Crippen LogP contribution in [0.2, 0.25) is 0 Å². The smallest absolute Gasteiger partial charge is 0.248 e. The van der Waals surface area contributed by atoms with Crippen molar-refractivity contribution >= 4 is 11.6 Å². The Balaban J connectivity index is 2.47. The molecule has 92 valence electrons. The SMILES string of the molecule is CN(C)CC=CC(=O)Nc1ccc(CO)cc1. The molecule has 1 aromatic carbocycles. The predicted octanol–water partition coefficient (Wildman–Crippen LogP) is 1.24. The number of carbonyl (C=O) groups is 1. The first kappa shape index (κ1) is 13.4. The highest BCUT2D eigenvalue weighted by molar-refractivity contribution is 5.99. The molecule has 0 aliphatic rings. The largest absolute Gasteiger partial charge is 0.392 e. The molecule has 2 N–H and O–H groups in total. The van der Waals surface area contributed by atoms with Crippen LogP contribution in [0.3, 0.4) is 0 Å². The van der Waals surface area contributed by atoms with Crippen molar-refractivity contribution < 1.29 is 9.90 Å². The maximum Gasteiger partial charge on any atom is 0.248 e. The van der Waals surface area contributed by atoms with Crippen molar-refractivity contribution in [1.29, 1.82) is 0 Å². The fourth-order valence-corrected chi connectivity index (χ4v) is 1.25. The second-order valence-corrected chi connectivity index (χ2v) is 4.01. The summed E-state index contributed by atoms with van der Waals surface area (Å²) in [6.07, 6.45) is 3.32. The number of anilines is 1. The minimum Gasteiger partial charge on any atom is -0.392 e. The van der Waals surface area contributed by atoms with E-state index in [1.165, 1.54) is 6.08 Å². The molecule has 0 radical (unpaired) electrons. The number of hydrogen-bond acceptors (Lipinski definition) is 3. The molecule has 17 heavy (non-hydrogen) atoms. The average molecular weight is 234 g/mol. The average Bonchev–Trinajstić information content (AvgIpc) is 2.29. The Morgan fingerprint density at radius 3 is 2.53 bits per heavy atom. The Bertz CT molecular complexity index is 383. The van der Waals surface area contributed by atoms with Gasteiger partial charge in [0.15, 0.2) is 0 Å². The summed E-state index contributed by atoms with van der Waals surface area (Å²) in [7, 11) is 3.88. The van der Waals surface area contributed by atoms with Gasteiger partial charge in [-0.05, 0) is 31.8 Å². The lowest BCUT2D eigenvalue weighted by atomic mass is 10.2. The molecule has 0 aliphatic carbocycles. The minimum absolute atomic E-state index is 0.0109. The number of amides is 1. The molecule has 0 atom stereocenters. The molecule has 1 aromatic rings. The summed E-state index contributed by atoms with van der Waals surface area (Å²) in [5, 5.41) is 11.6. The van der Waals surface area contributed by atoms with E-state index in [0.29, 0.717) is 0 Å². The molecule has 0 aromatic heterocycles. The third-order valence-electron chi connectivity index (χ3n) is 2.14. The van der Waals surface area contributed by atoms with Crippen molar-refractivity contribution in [3.05, 3.63) is 42.0 Å². The van der Waals surface area contributed by atoms with Gasteiger partial charge in [-0.15, -0.1) is 0 Å². The second-order valence-electron chi connectivity index (χ2n) is 4.01. The van der Waals surface area contributed by atoms with Crippen LogP contribution in [-0.4, -0.2) is 36.6 Å². The van der Waals surface area contributed by atoms with Crippen LogP contribution >= 0.6 is 0 Å². The zero-order valence-electron chi connectivity index (χ0n) is 10.2. The van der Waals surface area contributed by atoms with Gasteiger partial charge in [-0.2, -0.15) is 0 Å². The van der Waals surface area contributed by atoms with E-state index in [-0.39, 0.29) is 12.5 Å². The summed E-state index contributed by atoms with van der Waals surface area (Å²) in [6, 6.07) is 7.09. The Hall–Kier alpha value is -1.65. The van der Waals surface area contributed by atoms with Crippen LogP contribution in [0.5, 0.6) is 0 Å². The Labute approximate surface area is 102 Å². The Morgan fingerprint density at radius 2 is 2.00 bits per heavy atom. The van der Waals surface area contributed by atoms with Gasteiger partial charge in [0.2, 0.25) is 5.91 Å². The van der Waals surface area contributed by atoms with Crippen LogP contribution < -0.4 is 5.32 Å². The van der Waals surface area contributed by atoms with Gasteiger partial charge in [0.05, 0.1) is 6.61 Å². The number of carbonyl (C=O) groups excluding carboxylic acids is 1. The summed E-state index contributed by atoms with van der Waals surface area (Å²) in [4.78, 5) is 13.5. The number of likely N-dealkylation sites (N-methyl/N-ethyl adjacent to an activating group) is 1. The van der Waals surface area contributed by atoms with Crippen LogP contribution in [0.15, 0.2) is 36.4 Å². The maximum atomic E-state index is 11.5. The van der Waals surface area contributed by atoms with E-state index in [4.69, 9.17) is 5.11 Å². The predicted molar refractivity (Wildman–Crippen MR) is 68.7 cm³/mol. The molecule has 0 saturated heterocycles. The highest BCUT2D eigenvalue weighted by atomic mass is 16.3. The standard InChI is InChI=1S/C13H18N2O2/c1-15(2)9-3-4-13(17)14-12-7-5-11(10-16)6-8-12/h3-8,16H,9-10H2,1-2H3,(H,14,17). The van der Waals surface area contributed by atoms with E-state index in [2.05, 4.69) is 5.32 Å². The van der Waals surface area contributed by atoms with Crippen molar-refractivity contribution in [1.82, 2.24) is 4.90 Å². The normalized spacial score (nSPS) is 11.1. The van der Waals surface area contributed by atoms with Gasteiger partial charge in [-0.1, -0.05) is 18.2 Å². The lowest BCUT2D eigenvalue weighted by molar-refractivity contribution is -0.111. The van der Waals surface area contributed by atoms with Gasteiger partial charge >= 0.3 is 0 Å². The topological polar surface area (TPSA) is 52.6 Å². The van der Waals surface area contributed by atoms with Crippen molar-refractivity contribution in [3.8, 4) is 0 Å². The number of hydrogen-bond donors (Lipinski definition) is 2. The molecule has 1 amide bonds. The van der Waals surface area contributed by atoms with E-state index in [9.17, 15) is 4.79 Å². The Morgan fingerprint density at radius 1 is 1.35 bits per heavy atom. The second kappa shape index (κ2) is 6.83. The number of nitrogens with zero attached hydrogens (tertiary/aromatic N) is 1. The monoisotopic (exact) mass is 234 g/mol. The van der Waals surface area contributed by atoms with E-state index < -0.39 is 0 Å². The van der Waals surface area contributed by atoms with Gasteiger partial charge in [-0.25, -0.2) is 0 Å². The van der Waals surface area contributed by atoms with Crippen LogP contribution in [0.1, 0.15) is 5.56 Å². The molecule has 0 unspecified atom stereocenters. The molecule has 0 saturated carbocycles. The van der Waals surface area contributed by atoms with E-state index in [0.717, 1.165) is 17.8 Å². The van der Waals surface area contributed by atoms with Crippen LogP contribution in [0.4, 0.5) is 5.69 Å². The number of benzene rings is 1. The summed E-state index contributed by atoms with van der Waals surface area (Å²) in [5.41, 5.74) is 1.55. The van der Waals surface area contributed by atoms with E-state index in [1.807, 2.05) is 19.0 Å². The zero-order valence-corrected chi connectivity index (χ0v) is 10.2. The molecule has 4 heteroatoms. The zero-order chi connectivity index (χ0) is 12.7. The summed E-state index contributed by atoms with van der Waals surface area (Å²) in [6.45, 7) is 0.744. The van der Waals surface area contributed by atoms with Crippen LogP contribution in [-0.2, 0) is 11.4 Å². The molecule has 0 aliphatic heterocycles. The molecule has 4 nitrogen and oxygen atoms in total. The van der Waals surface area contributed by atoms with E-state index >= 15 is 0 Å². The fraction of sp³-hybridized carbons (Fsp3) is 0.308. The first-order valence-electron chi connectivity index (χ1n) is 5.44. The minimum atomic E-state index is -0.149. The van der Waals surface area contributed by atoms with Gasteiger partial charge in [0.1, 0.15) is 0 Å². The number of nitrogens with one attached hydrogen (secondary N) is 1. The molecule has 0 heterocycles. The Kier molecular flexibility index (Phi) is 5.39. The quantitative estimate of drug-likeness (QED) is 0.754. The maximum absolute atomic E-state index is 11.5. The molecule has 1 rings (SSSR count). The van der Waals surface area contributed by atoms with Crippen LogP contribution in [0.25, 0.3) is 0 Å². The van der Waals surface area contributed by atoms with Gasteiger partial charge in [0.25, 0.3) is 0 Å². The third-order valence-corrected chi connectivity index (χ3v) is 2.14. The lowest BCUT2D eigenvalue weighted by Crippen LogP contribution is -2.12. The molecular formula is C13H18N2O2. The first-order chi connectivity index (χ1) is 8.11. The van der Waals surface area contributed by atoms with Crippen LogP contribution in [0, 0.1) is 0 Å². The van der Waals surface area contributed by atoms with E-state index in [1.54, 1.807) is 30.3 Å². The van der Waals surface area contributed by atoms with Gasteiger partial charge < -0.3 is 15.3 Å². The molecular weight excluding hydrogens is 216 g/mol. The molecule has 0 bridgehead atoms. The fourth-order valence-electron chi connectivity index (χ4n) is 1.25. The highest BCUT2D eigenvalue weighted by Gasteiger charge is 1.97. The van der Waals surface area contributed by atoms with Crippen molar-refractivity contribution in [2.75, 3.05) is 26.0 Å². The van der Waals surface area contributed by atoms with Crippen molar-refractivity contribution in [2.24, 2.45) is 0 Å². The van der Waals surface area contributed by atoms with Crippen molar-refractivity contribution in [3.63, 3.8) is 0 Å². The number of rotatable bonds is 5. The van der Waals surface area contributed by atoms with Gasteiger partial charge in [-0.3, -0.25) is 4.79 Å². The molecule has 0 spiro atoms. The highest BCUT2D eigenvalue weighted by Crippen LogP contribution is 2.09. The van der Waals surface area contributed by atoms with Gasteiger partial charge in [0, 0.05) is 18.3 Å². The third kappa shape index (κ3) is 5.29. The molecule has 0 fully saturated rings. The number of aliphatic hydroxyl groups is 1. The summed E-state index contributed by atoms with van der Waals surface area (Å²) >= 11 is 0. The first-order valence-corrected chi connectivity index (χ1v) is 5.44. The summed E-state index contributed by atoms with van der Waals surface area (Å²) < 4.78 is 0. The number of aliphatic hydroxyl groups excluding tert-OH is 1. The van der Waals surface area contributed by atoms with Crippen molar-refractivity contribution in [2.45, 2.75) is 6.61 Å².